The molecule has 0 unspecified atom stereocenters. The van der Waals surface area contributed by atoms with Crippen molar-refractivity contribution in [3.63, 3.8) is 0 Å². The molecule has 0 saturated heterocycles. The van der Waals surface area contributed by atoms with Crippen LogP contribution in [0, 0.1) is 13.8 Å². The van der Waals surface area contributed by atoms with E-state index in [1.165, 1.54) is 0 Å². The van der Waals surface area contributed by atoms with Crippen molar-refractivity contribution < 1.29 is 0 Å². The molecule has 0 fully saturated rings. The van der Waals surface area contributed by atoms with E-state index in [1.54, 1.807) is 28.1 Å². The number of thioether (sulfide) groups is 2. The van der Waals surface area contributed by atoms with Crippen molar-refractivity contribution in [3.8, 4) is 5.69 Å². The maximum atomic E-state index is 13.2. The summed E-state index contributed by atoms with van der Waals surface area (Å²) in [6.07, 6.45) is 2.09. The Kier molecular flexibility index (Phi) is 5.31. The van der Waals surface area contributed by atoms with E-state index in [0.29, 0.717) is 5.39 Å². The Morgan fingerprint density at radius 3 is 2.42 bits per heavy atom. The lowest BCUT2D eigenvalue weighted by atomic mass is 10.1. The van der Waals surface area contributed by atoms with Gasteiger partial charge >= 0.3 is 0 Å². The number of fused-ring (bicyclic) bond motifs is 1. The Bertz CT molecular complexity index is 914. The molecule has 5 heteroatoms. The van der Waals surface area contributed by atoms with Crippen molar-refractivity contribution in [3.05, 3.63) is 63.9 Å². The molecule has 0 atom stereocenters. The largest absolute Gasteiger partial charge is 0.268 e. The molecule has 3 nitrogen and oxygen atoms in total. The summed E-state index contributed by atoms with van der Waals surface area (Å²) in [5.41, 5.74) is 3.88. The van der Waals surface area contributed by atoms with Gasteiger partial charge in [-0.3, -0.25) is 9.36 Å². The smallest absolute Gasteiger partial charge is 0.266 e. The predicted molar refractivity (Wildman–Crippen MR) is 106 cm³/mol. The fraction of sp³-hybridized carbons (Fsp3) is 0.263. The van der Waals surface area contributed by atoms with Gasteiger partial charge in [-0.15, -0.1) is 0 Å². The van der Waals surface area contributed by atoms with Crippen molar-refractivity contribution in [2.24, 2.45) is 0 Å². The lowest BCUT2D eigenvalue weighted by molar-refractivity contribution is 0.809. The predicted octanol–water partition coefficient (Wildman–Crippen LogP) is 4.46. The van der Waals surface area contributed by atoms with Crippen molar-refractivity contribution in [1.82, 2.24) is 9.55 Å². The average molecular weight is 357 g/mol. The van der Waals surface area contributed by atoms with Gasteiger partial charge in [0, 0.05) is 11.5 Å². The number of para-hydroxylation sites is 2. The molecule has 0 N–H and O–H groups in total. The van der Waals surface area contributed by atoms with Crippen LogP contribution in [0.1, 0.15) is 11.1 Å². The van der Waals surface area contributed by atoms with Crippen molar-refractivity contribution in [1.29, 1.82) is 0 Å². The van der Waals surface area contributed by atoms with Gasteiger partial charge in [0.05, 0.1) is 16.6 Å². The third kappa shape index (κ3) is 3.23. The maximum absolute atomic E-state index is 13.2. The summed E-state index contributed by atoms with van der Waals surface area (Å²) < 4.78 is 1.79. The number of hydrogen-bond donors (Lipinski definition) is 0. The number of nitrogens with zero attached hydrogens (tertiary/aromatic N) is 2. The molecular weight excluding hydrogens is 336 g/mol. The Balaban J connectivity index is 2.29. The Hall–Kier alpha value is -1.72. The molecule has 0 aliphatic rings. The van der Waals surface area contributed by atoms with Gasteiger partial charge in [-0.2, -0.15) is 11.8 Å². The molecule has 0 aliphatic heterocycles. The van der Waals surface area contributed by atoms with E-state index in [1.807, 2.05) is 56.3 Å². The number of aromatic nitrogens is 2. The van der Waals surface area contributed by atoms with E-state index in [2.05, 4.69) is 6.26 Å². The third-order valence-corrected chi connectivity index (χ3v) is 5.74. The second kappa shape index (κ2) is 7.45. The number of aryl methyl sites for hydroxylation is 2. The summed E-state index contributed by atoms with van der Waals surface area (Å²) in [7, 11) is 0. The summed E-state index contributed by atoms with van der Waals surface area (Å²) in [4.78, 5) is 18.0. The standard InChI is InChI=1S/C19H20N2OS2/c1-13-7-6-8-14(2)17(13)21-18(22)15-9-4-5-10-16(15)20-19(21)24-12-11-23-3/h4-10H,11-12H2,1-3H3. The highest BCUT2D eigenvalue weighted by Crippen LogP contribution is 2.25. The first-order chi connectivity index (χ1) is 11.6. The Morgan fingerprint density at radius 1 is 1.00 bits per heavy atom. The monoisotopic (exact) mass is 356 g/mol. The van der Waals surface area contributed by atoms with Gasteiger partial charge < -0.3 is 0 Å². The summed E-state index contributed by atoms with van der Waals surface area (Å²) in [5.74, 6) is 1.96. The maximum Gasteiger partial charge on any atom is 0.266 e. The van der Waals surface area contributed by atoms with Crippen LogP contribution in [-0.2, 0) is 0 Å². The lowest BCUT2D eigenvalue weighted by Crippen LogP contribution is -2.23. The van der Waals surface area contributed by atoms with E-state index < -0.39 is 0 Å². The fourth-order valence-electron chi connectivity index (χ4n) is 2.78. The fourth-order valence-corrected chi connectivity index (χ4v) is 4.43. The number of rotatable bonds is 5. The molecule has 0 amide bonds. The van der Waals surface area contributed by atoms with E-state index in [4.69, 9.17) is 4.98 Å². The van der Waals surface area contributed by atoms with Crippen molar-refractivity contribution in [2.75, 3.05) is 17.8 Å². The highest BCUT2D eigenvalue weighted by atomic mass is 32.2. The Labute approximate surface area is 150 Å². The zero-order valence-corrected chi connectivity index (χ0v) is 15.7. The molecule has 0 radical (unpaired) electrons. The normalized spacial score (nSPS) is 11.1. The van der Waals surface area contributed by atoms with E-state index >= 15 is 0 Å². The molecule has 24 heavy (non-hydrogen) atoms. The first-order valence-electron chi connectivity index (χ1n) is 7.83. The SMILES string of the molecule is CSCCSc1nc2ccccc2c(=O)n1-c1c(C)cccc1C. The third-order valence-electron chi connectivity index (χ3n) is 3.93. The minimum atomic E-state index is 0.00431. The highest BCUT2D eigenvalue weighted by molar-refractivity contribution is 8.02. The summed E-state index contributed by atoms with van der Waals surface area (Å²) in [6.45, 7) is 4.08. The van der Waals surface area contributed by atoms with Crippen LogP contribution in [0.3, 0.4) is 0 Å². The molecule has 124 valence electrons. The van der Waals surface area contributed by atoms with Crippen LogP contribution in [-0.4, -0.2) is 27.3 Å². The van der Waals surface area contributed by atoms with Gasteiger partial charge in [-0.05, 0) is 43.4 Å². The minimum absolute atomic E-state index is 0.00431. The zero-order valence-electron chi connectivity index (χ0n) is 14.1. The second-order valence-electron chi connectivity index (χ2n) is 5.63. The van der Waals surface area contributed by atoms with Crippen LogP contribution in [0.5, 0.6) is 0 Å². The van der Waals surface area contributed by atoms with Crippen LogP contribution in [0.25, 0.3) is 16.6 Å². The summed E-state index contributed by atoms with van der Waals surface area (Å²) in [5, 5.41) is 1.43. The molecule has 0 saturated carbocycles. The van der Waals surface area contributed by atoms with Crippen LogP contribution in [0.2, 0.25) is 0 Å². The molecule has 3 rings (SSSR count). The van der Waals surface area contributed by atoms with Crippen LogP contribution in [0.4, 0.5) is 0 Å². The molecule has 0 aliphatic carbocycles. The highest BCUT2D eigenvalue weighted by Gasteiger charge is 2.16. The van der Waals surface area contributed by atoms with E-state index in [-0.39, 0.29) is 5.56 Å². The quantitative estimate of drug-likeness (QED) is 0.384. The second-order valence-corrected chi connectivity index (χ2v) is 7.68. The van der Waals surface area contributed by atoms with Crippen LogP contribution >= 0.6 is 23.5 Å². The van der Waals surface area contributed by atoms with Gasteiger partial charge in [-0.1, -0.05) is 42.1 Å². The zero-order chi connectivity index (χ0) is 17.1. The molecule has 0 bridgehead atoms. The number of hydrogen-bond acceptors (Lipinski definition) is 4. The molecule has 1 heterocycles. The van der Waals surface area contributed by atoms with Gasteiger partial charge in [-0.25, -0.2) is 4.98 Å². The minimum Gasteiger partial charge on any atom is -0.268 e. The topological polar surface area (TPSA) is 34.9 Å². The van der Waals surface area contributed by atoms with Gasteiger partial charge in [0.25, 0.3) is 5.56 Å². The molecule has 0 spiro atoms. The molecule has 1 aromatic heterocycles. The van der Waals surface area contributed by atoms with E-state index in [0.717, 1.165) is 39.0 Å². The molecule has 3 aromatic rings. The molecular formula is C19H20N2OS2. The summed E-state index contributed by atoms with van der Waals surface area (Å²) in [6, 6.07) is 13.7. The van der Waals surface area contributed by atoms with E-state index in [9.17, 15) is 4.79 Å². The Morgan fingerprint density at radius 2 is 1.71 bits per heavy atom. The average Bonchev–Trinajstić information content (AvgIpc) is 2.57. The van der Waals surface area contributed by atoms with Crippen LogP contribution in [0.15, 0.2) is 52.4 Å². The van der Waals surface area contributed by atoms with Crippen molar-refractivity contribution in [2.45, 2.75) is 19.0 Å². The van der Waals surface area contributed by atoms with Crippen LogP contribution < -0.4 is 5.56 Å². The number of benzene rings is 2. The molecule has 2 aromatic carbocycles. The first-order valence-corrected chi connectivity index (χ1v) is 10.2. The lowest BCUT2D eigenvalue weighted by Gasteiger charge is -2.17. The summed E-state index contributed by atoms with van der Waals surface area (Å²) >= 11 is 3.44. The van der Waals surface area contributed by atoms with Gasteiger partial charge in [0.2, 0.25) is 0 Å². The van der Waals surface area contributed by atoms with Gasteiger partial charge in [0.15, 0.2) is 5.16 Å². The first kappa shape index (κ1) is 17.1. The van der Waals surface area contributed by atoms with Gasteiger partial charge in [0.1, 0.15) is 0 Å². The van der Waals surface area contributed by atoms with Crippen molar-refractivity contribution >= 4 is 34.4 Å².